The second kappa shape index (κ2) is 2.57. The number of carbonyl (C=O) groups is 1. The fraction of sp³-hybridized carbons (Fsp3) is 0. The Bertz CT molecular complexity index is 438. The van der Waals surface area contributed by atoms with E-state index < -0.39 is 5.24 Å². The van der Waals surface area contributed by atoms with Crippen LogP contribution >= 0.6 is 11.6 Å². The van der Waals surface area contributed by atoms with Crippen molar-refractivity contribution in [2.45, 2.75) is 0 Å². The molecule has 0 amide bonds. The number of halogens is 1. The van der Waals surface area contributed by atoms with E-state index in [0.29, 0.717) is 11.1 Å². The van der Waals surface area contributed by atoms with Gasteiger partial charge in [0.2, 0.25) is 5.82 Å². The van der Waals surface area contributed by atoms with Crippen LogP contribution in [0.4, 0.5) is 0 Å². The summed E-state index contributed by atoms with van der Waals surface area (Å²) < 4.78 is 4.97. The highest BCUT2D eigenvalue weighted by Crippen LogP contribution is 2.11. The lowest BCUT2D eigenvalue weighted by atomic mass is 10.4. The third-order valence-electron chi connectivity index (χ3n) is 1.38. The SMILES string of the molecule is O=C(Cl)c1ncc2occc2n1. The van der Waals surface area contributed by atoms with Gasteiger partial charge in [-0.1, -0.05) is 0 Å². The number of aromatic nitrogens is 2. The van der Waals surface area contributed by atoms with Crippen molar-refractivity contribution in [2.24, 2.45) is 0 Å². The molecular formula is C7H3ClN2O2. The fourth-order valence-electron chi connectivity index (χ4n) is 0.861. The van der Waals surface area contributed by atoms with Crippen LogP contribution in [0, 0.1) is 0 Å². The molecule has 0 unspecified atom stereocenters. The van der Waals surface area contributed by atoms with Gasteiger partial charge in [-0.3, -0.25) is 4.79 Å². The van der Waals surface area contributed by atoms with E-state index in [4.69, 9.17) is 16.0 Å². The summed E-state index contributed by atoms with van der Waals surface area (Å²) in [7, 11) is 0. The summed E-state index contributed by atoms with van der Waals surface area (Å²) in [5.74, 6) is -0.00873. The molecule has 4 nitrogen and oxygen atoms in total. The molecule has 0 N–H and O–H groups in total. The topological polar surface area (TPSA) is 56.0 Å². The van der Waals surface area contributed by atoms with Gasteiger partial charge in [-0.25, -0.2) is 9.97 Å². The lowest BCUT2D eigenvalue weighted by Crippen LogP contribution is -1.96. The van der Waals surface area contributed by atoms with Gasteiger partial charge in [-0.15, -0.1) is 0 Å². The summed E-state index contributed by atoms with van der Waals surface area (Å²) >= 11 is 5.18. The summed E-state index contributed by atoms with van der Waals surface area (Å²) in [5, 5.41) is -0.668. The molecule has 2 aromatic heterocycles. The highest BCUT2D eigenvalue weighted by molar-refractivity contribution is 6.67. The quantitative estimate of drug-likeness (QED) is 0.629. The van der Waals surface area contributed by atoms with Crippen molar-refractivity contribution in [1.82, 2.24) is 9.97 Å². The molecule has 2 rings (SSSR count). The molecule has 0 spiro atoms. The van der Waals surface area contributed by atoms with Gasteiger partial charge < -0.3 is 4.42 Å². The summed E-state index contributed by atoms with van der Waals surface area (Å²) in [6.45, 7) is 0. The Kier molecular flexibility index (Phi) is 1.55. The molecule has 12 heavy (non-hydrogen) atoms. The zero-order valence-corrected chi connectivity index (χ0v) is 6.58. The van der Waals surface area contributed by atoms with Crippen LogP contribution in [0.3, 0.4) is 0 Å². The van der Waals surface area contributed by atoms with Gasteiger partial charge in [0.1, 0.15) is 5.52 Å². The molecule has 0 aromatic carbocycles. The maximum atomic E-state index is 10.6. The third kappa shape index (κ3) is 1.06. The van der Waals surface area contributed by atoms with Crippen molar-refractivity contribution in [3.63, 3.8) is 0 Å². The van der Waals surface area contributed by atoms with Crippen LogP contribution in [0.2, 0.25) is 0 Å². The van der Waals surface area contributed by atoms with Crippen LogP contribution < -0.4 is 0 Å². The fourth-order valence-corrected chi connectivity index (χ4v) is 0.952. The molecule has 0 aliphatic heterocycles. The molecule has 0 aliphatic carbocycles. The number of hydrogen-bond donors (Lipinski definition) is 0. The molecule has 60 valence electrons. The lowest BCUT2D eigenvalue weighted by Gasteiger charge is -1.89. The first kappa shape index (κ1) is 7.24. The van der Waals surface area contributed by atoms with Crippen molar-refractivity contribution in [1.29, 1.82) is 0 Å². The monoisotopic (exact) mass is 182 g/mol. The second-order valence-corrected chi connectivity index (χ2v) is 2.48. The van der Waals surface area contributed by atoms with Gasteiger partial charge in [0.15, 0.2) is 5.58 Å². The van der Waals surface area contributed by atoms with Gasteiger partial charge in [-0.2, -0.15) is 0 Å². The van der Waals surface area contributed by atoms with Gasteiger partial charge in [0.05, 0.1) is 12.5 Å². The first-order valence-electron chi connectivity index (χ1n) is 3.17. The van der Waals surface area contributed by atoms with Crippen LogP contribution in [0.5, 0.6) is 0 Å². The maximum Gasteiger partial charge on any atom is 0.289 e. The number of nitrogens with zero attached hydrogens (tertiary/aromatic N) is 2. The number of furan rings is 1. The maximum absolute atomic E-state index is 10.6. The minimum atomic E-state index is -0.668. The predicted octanol–water partition coefficient (Wildman–Crippen LogP) is 1.60. The van der Waals surface area contributed by atoms with Gasteiger partial charge in [-0.05, 0) is 11.6 Å². The van der Waals surface area contributed by atoms with Crippen LogP contribution in [0.15, 0.2) is 22.9 Å². The summed E-state index contributed by atoms with van der Waals surface area (Å²) in [5.41, 5.74) is 1.12. The van der Waals surface area contributed by atoms with Crippen LogP contribution in [0.1, 0.15) is 10.6 Å². The van der Waals surface area contributed by atoms with Crippen LogP contribution in [0.25, 0.3) is 11.1 Å². The van der Waals surface area contributed by atoms with Gasteiger partial charge in [0, 0.05) is 6.07 Å². The molecule has 0 aliphatic rings. The zero-order valence-electron chi connectivity index (χ0n) is 5.82. The zero-order chi connectivity index (χ0) is 8.55. The van der Waals surface area contributed by atoms with Gasteiger partial charge in [0.25, 0.3) is 5.24 Å². The van der Waals surface area contributed by atoms with E-state index in [0.717, 1.165) is 0 Å². The predicted molar refractivity (Wildman–Crippen MR) is 42.0 cm³/mol. The normalized spacial score (nSPS) is 10.4. The molecule has 0 radical (unpaired) electrons. The van der Waals surface area contributed by atoms with E-state index in [2.05, 4.69) is 9.97 Å². The van der Waals surface area contributed by atoms with E-state index in [1.807, 2.05) is 0 Å². The second-order valence-electron chi connectivity index (χ2n) is 2.14. The molecule has 5 heteroatoms. The Labute approximate surface area is 72.2 Å². The molecule has 0 saturated heterocycles. The van der Waals surface area contributed by atoms with E-state index in [1.54, 1.807) is 6.07 Å². The molecule has 0 saturated carbocycles. The van der Waals surface area contributed by atoms with Crippen molar-refractivity contribution in [3.05, 3.63) is 24.4 Å². The van der Waals surface area contributed by atoms with E-state index in [1.165, 1.54) is 12.5 Å². The Morgan fingerprint density at radius 3 is 3.17 bits per heavy atom. The Hall–Kier alpha value is -1.42. The lowest BCUT2D eigenvalue weighted by molar-refractivity contribution is 0.107. The number of carbonyl (C=O) groups excluding carboxylic acids is 1. The molecule has 0 atom stereocenters. The smallest absolute Gasteiger partial charge is 0.289 e. The average Bonchev–Trinajstić information content (AvgIpc) is 2.49. The molecule has 2 heterocycles. The standard InChI is InChI=1S/C7H3ClN2O2/c8-6(11)7-9-3-5-4(10-7)1-2-12-5/h1-3H. The summed E-state index contributed by atoms with van der Waals surface area (Å²) in [6, 6.07) is 1.64. The third-order valence-corrected chi connectivity index (χ3v) is 1.55. The van der Waals surface area contributed by atoms with Crippen molar-refractivity contribution in [3.8, 4) is 0 Å². The average molecular weight is 183 g/mol. The molecular weight excluding hydrogens is 180 g/mol. The Morgan fingerprint density at radius 1 is 1.58 bits per heavy atom. The highest BCUT2D eigenvalue weighted by Gasteiger charge is 2.07. The van der Waals surface area contributed by atoms with Crippen molar-refractivity contribution < 1.29 is 9.21 Å². The molecule has 0 fully saturated rings. The first-order valence-corrected chi connectivity index (χ1v) is 3.55. The minimum absolute atomic E-state index is 0.00873. The number of fused-ring (bicyclic) bond motifs is 1. The summed E-state index contributed by atoms with van der Waals surface area (Å²) in [6.07, 6.45) is 2.89. The van der Waals surface area contributed by atoms with Crippen molar-refractivity contribution >= 4 is 27.9 Å². The summed E-state index contributed by atoms with van der Waals surface area (Å²) in [4.78, 5) is 18.2. The molecule has 0 bridgehead atoms. The first-order chi connectivity index (χ1) is 5.77. The minimum Gasteiger partial charge on any atom is -0.461 e. The Balaban J connectivity index is 2.68. The number of hydrogen-bond acceptors (Lipinski definition) is 4. The van der Waals surface area contributed by atoms with Crippen LogP contribution in [-0.2, 0) is 0 Å². The van der Waals surface area contributed by atoms with E-state index in [-0.39, 0.29) is 5.82 Å². The number of rotatable bonds is 1. The van der Waals surface area contributed by atoms with Crippen molar-refractivity contribution in [2.75, 3.05) is 0 Å². The highest BCUT2D eigenvalue weighted by atomic mass is 35.5. The van der Waals surface area contributed by atoms with Gasteiger partial charge >= 0.3 is 0 Å². The molecule has 2 aromatic rings. The largest absolute Gasteiger partial charge is 0.461 e. The van der Waals surface area contributed by atoms with E-state index >= 15 is 0 Å². The van der Waals surface area contributed by atoms with E-state index in [9.17, 15) is 4.79 Å². The Morgan fingerprint density at radius 2 is 2.42 bits per heavy atom. The van der Waals surface area contributed by atoms with Crippen LogP contribution in [-0.4, -0.2) is 15.2 Å².